The van der Waals surface area contributed by atoms with E-state index < -0.39 is 8.32 Å². The molecule has 0 aromatic rings. The fourth-order valence-corrected chi connectivity index (χ4v) is 1.95. The van der Waals surface area contributed by atoms with Crippen molar-refractivity contribution >= 4 is 8.32 Å². The van der Waals surface area contributed by atoms with Crippen LogP contribution < -0.4 is 0 Å². The smallest absolute Gasteiger partial charge is 0.241 e. The summed E-state index contributed by atoms with van der Waals surface area (Å²) in [6.07, 6.45) is 2.23. The van der Waals surface area contributed by atoms with Crippen LogP contribution in [0.3, 0.4) is 0 Å². The molecule has 0 bridgehead atoms. The first-order valence-electron chi connectivity index (χ1n) is 4.29. The molecule has 0 saturated heterocycles. The molecule has 0 spiro atoms. The zero-order valence-corrected chi connectivity index (χ0v) is 9.66. The molecule has 0 fully saturated rings. The quantitative estimate of drug-likeness (QED) is 0.298. The minimum atomic E-state index is -1.54. The average molecular weight is 203 g/mol. The van der Waals surface area contributed by atoms with Crippen LogP contribution in [0.4, 0.5) is 0 Å². The molecular formula is C8H17NO3Si. The van der Waals surface area contributed by atoms with Gasteiger partial charge in [-0.1, -0.05) is 0 Å². The molecule has 0 atom stereocenters. The molecule has 4 nitrogen and oxygen atoms in total. The summed E-state index contributed by atoms with van der Waals surface area (Å²) in [6.45, 7) is 8.07. The van der Waals surface area contributed by atoms with Crippen molar-refractivity contribution in [1.29, 1.82) is 0 Å². The molecule has 0 amide bonds. The number of rotatable bonds is 5. The van der Waals surface area contributed by atoms with E-state index >= 15 is 0 Å². The molecule has 0 radical (unpaired) electrons. The van der Waals surface area contributed by atoms with Crippen LogP contribution >= 0.6 is 0 Å². The Kier molecular flexibility index (Phi) is 4.69. The van der Waals surface area contributed by atoms with Gasteiger partial charge in [0.2, 0.25) is 14.9 Å². The van der Waals surface area contributed by atoms with Crippen LogP contribution in [0.5, 0.6) is 0 Å². The second-order valence-corrected chi connectivity index (χ2v) is 8.30. The highest BCUT2D eigenvalue weighted by Crippen LogP contribution is 2.09. The predicted molar refractivity (Wildman–Crippen MR) is 54.7 cm³/mol. The molecule has 0 aliphatic carbocycles. The molecule has 76 valence electrons. The molecule has 0 saturated carbocycles. The highest BCUT2D eigenvalue weighted by molar-refractivity contribution is 6.70. The molecular weight excluding hydrogens is 186 g/mol. The minimum Gasteiger partial charge on any atom is -0.548 e. The number of nitro groups is 1. The zero-order valence-electron chi connectivity index (χ0n) is 8.66. The molecule has 13 heavy (non-hydrogen) atoms. The number of nitrogens with zero attached hydrogens (tertiary/aromatic N) is 1. The summed E-state index contributed by atoms with van der Waals surface area (Å²) in [5.41, 5.74) is 0. The van der Waals surface area contributed by atoms with Gasteiger partial charge in [0.15, 0.2) is 0 Å². The fourth-order valence-electron chi connectivity index (χ4n) is 0.898. The Hall–Kier alpha value is -0.843. The first kappa shape index (κ1) is 12.2. The van der Waals surface area contributed by atoms with Crippen LogP contribution in [0.25, 0.3) is 0 Å². The van der Waals surface area contributed by atoms with E-state index in [9.17, 15) is 10.1 Å². The molecule has 0 aromatic carbocycles. The molecule has 0 heterocycles. The predicted octanol–water partition coefficient (Wildman–Crippen LogP) is 2.41. The standard InChI is InChI=1S/C8H17NO3Si/c1-8(12-13(2,3)4)6-5-7-9(10)11/h6H,5,7H2,1-4H3/b8-6+. The van der Waals surface area contributed by atoms with E-state index in [0.29, 0.717) is 6.42 Å². The van der Waals surface area contributed by atoms with Gasteiger partial charge in [-0.05, 0) is 32.6 Å². The van der Waals surface area contributed by atoms with E-state index in [1.807, 2.05) is 6.92 Å². The Labute approximate surface area is 79.9 Å². The molecule has 0 aliphatic rings. The normalized spacial score (nSPS) is 12.8. The van der Waals surface area contributed by atoms with Gasteiger partial charge in [-0.25, -0.2) is 0 Å². The highest BCUT2D eigenvalue weighted by atomic mass is 28.4. The Bertz CT molecular complexity index is 208. The number of allylic oxidation sites excluding steroid dienone is 1. The SMILES string of the molecule is C/C(=C\CC[N+](=O)[O-])O[Si](C)(C)C. The van der Waals surface area contributed by atoms with Gasteiger partial charge in [0, 0.05) is 11.3 Å². The van der Waals surface area contributed by atoms with E-state index in [2.05, 4.69) is 19.6 Å². The lowest BCUT2D eigenvalue weighted by Crippen LogP contribution is -2.24. The Balaban J connectivity index is 3.83. The minimum absolute atomic E-state index is 0.0214. The van der Waals surface area contributed by atoms with Crippen LogP contribution in [-0.2, 0) is 4.43 Å². The van der Waals surface area contributed by atoms with Gasteiger partial charge in [0.1, 0.15) is 0 Å². The van der Waals surface area contributed by atoms with E-state index in [1.165, 1.54) is 0 Å². The average Bonchev–Trinajstić information content (AvgIpc) is 1.81. The summed E-state index contributed by atoms with van der Waals surface area (Å²) in [5.74, 6) is 0.806. The van der Waals surface area contributed by atoms with Crippen molar-refractivity contribution < 1.29 is 9.35 Å². The molecule has 0 N–H and O–H groups in total. The van der Waals surface area contributed by atoms with E-state index in [-0.39, 0.29) is 11.5 Å². The van der Waals surface area contributed by atoms with Gasteiger partial charge >= 0.3 is 0 Å². The van der Waals surface area contributed by atoms with E-state index in [4.69, 9.17) is 4.43 Å². The third-order valence-corrected chi connectivity index (χ3v) is 2.14. The summed E-state index contributed by atoms with van der Waals surface area (Å²) in [4.78, 5) is 9.69. The second kappa shape index (κ2) is 5.01. The largest absolute Gasteiger partial charge is 0.548 e. The first-order valence-corrected chi connectivity index (χ1v) is 7.69. The van der Waals surface area contributed by atoms with Crippen molar-refractivity contribution in [2.75, 3.05) is 6.54 Å². The van der Waals surface area contributed by atoms with Crippen molar-refractivity contribution in [1.82, 2.24) is 0 Å². The summed E-state index contributed by atoms with van der Waals surface area (Å²) in [7, 11) is -1.54. The fraction of sp³-hybridized carbons (Fsp3) is 0.750. The summed E-state index contributed by atoms with van der Waals surface area (Å²) < 4.78 is 5.60. The van der Waals surface area contributed by atoms with Gasteiger partial charge < -0.3 is 4.43 Å². The molecule has 0 aliphatic heterocycles. The highest BCUT2D eigenvalue weighted by Gasteiger charge is 2.15. The van der Waals surface area contributed by atoms with Gasteiger partial charge in [-0.3, -0.25) is 10.1 Å². The van der Waals surface area contributed by atoms with Crippen LogP contribution in [0.2, 0.25) is 19.6 Å². The first-order chi connectivity index (χ1) is 5.81. The van der Waals surface area contributed by atoms with Crippen molar-refractivity contribution in [3.63, 3.8) is 0 Å². The van der Waals surface area contributed by atoms with Crippen LogP contribution in [0.15, 0.2) is 11.8 Å². The van der Waals surface area contributed by atoms with E-state index in [1.54, 1.807) is 6.08 Å². The third kappa shape index (κ3) is 9.07. The maximum absolute atomic E-state index is 10.0. The monoisotopic (exact) mass is 203 g/mol. The number of hydrogen-bond donors (Lipinski definition) is 0. The van der Waals surface area contributed by atoms with Crippen molar-refractivity contribution in [3.05, 3.63) is 21.9 Å². The maximum Gasteiger partial charge on any atom is 0.241 e. The van der Waals surface area contributed by atoms with Gasteiger partial charge in [-0.2, -0.15) is 0 Å². The van der Waals surface area contributed by atoms with Crippen molar-refractivity contribution in [3.8, 4) is 0 Å². The topological polar surface area (TPSA) is 52.4 Å². The lowest BCUT2D eigenvalue weighted by molar-refractivity contribution is -0.478. The van der Waals surface area contributed by atoms with Crippen molar-refractivity contribution in [2.24, 2.45) is 0 Å². The van der Waals surface area contributed by atoms with Crippen LogP contribution in [0, 0.1) is 10.1 Å². The van der Waals surface area contributed by atoms with E-state index in [0.717, 1.165) is 5.76 Å². The summed E-state index contributed by atoms with van der Waals surface area (Å²) in [5, 5.41) is 10.0. The second-order valence-electron chi connectivity index (χ2n) is 3.87. The molecule has 5 heteroatoms. The Morgan fingerprint density at radius 1 is 1.54 bits per heavy atom. The Morgan fingerprint density at radius 2 is 2.08 bits per heavy atom. The van der Waals surface area contributed by atoms with Gasteiger partial charge in [-0.15, -0.1) is 0 Å². The third-order valence-electron chi connectivity index (χ3n) is 1.21. The molecule has 0 aromatic heterocycles. The Morgan fingerprint density at radius 3 is 2.46 bits per heavy atom. The van der Waals surface area contributed by atoms with Gasteiger partial charge in [0.05, 0.1) is 5.76 Å². The van der Waals surface area contributed by atoms with Crippen LogP contribution in [-0.4, -0.2) is 19.8 Å². The van der Waals surface area contributed by atoms with Gasteiger partial charge in [0.25, 0.3) is 0 Å². The molecule has 0 rings (SSSR count). The van der Waals surface area contributed by atoms with Crippen LogP contribution in [0.1, 0.15) is 13.3 Å². The lowest BCUT2D eigenvalue weighted by Gasteiger charge is -2.19. The summed E-state index contributed by atoms with van der Waals surface area (Å²) in [6, 6.07) is 0. The van der Waals surface area contributed by atoms with Crippen molar-refractivity contribution in [2.45, 2.75) is 33.0 Å². The summed E-state index contributed by atoms with van der Waals surface area (Å²) >= 11 is 0. The zero-order chi connectivity index (χ0) is 10.5. The number of hydrogen-bond acceptors (Lipinski definition) is 3. The molecule has 0 unspecified atom stereocenters. The lowest BCUT2D eigenvalue weighted by atomic mass is 10.4. The maximum atomic E-state index is 10.0.